The maximum absolute atomic E-state index is 5.72. The highest BCUT2D eigenvalue weighted by Crippen LogP contribution is 2.17. The van der Waals surface area contributed by atoms with E-state index in [4.69, 9.17) is 13.9 Å². The molecule has 1 aromatic heterocycles. The lowest BCUT2D eigenvalue weighted by atomic mass is 10.1. The van der Waals surface area contributed by atoms with Crippen molar-refractivity contribution in [2.75, 3.05) is 19.8 Å². The zero-order chi connectivity index (χ0) is 13.7. The summed E-state index contributed by atoms with van der Waals surface area (Å²) in [7, 11) is 0. The van der Waals surface area contributed by atoms with Gasteiger partial charge < -0.3 is 19.2 Å². The minimum atomic E-state index is 0.483. The summed E-state index contributed by atoms with van der Waals surface area (Å²) in [6.45, 7) is 10.2. The Bertz CT molecular complexity index is 381. The second kappa shape index (κ2) is 7.08. The molecule has 2 rings (SSSR count). The van der Waals surface area contributed by atoms with Gasteiger partial charge in [0.05, 0.1) is 13.2 Å². The molecule has 1 N–H and O–H groups in total. The van der Waals surface area contributed by atoms with E-state index >= 15 is 0 Å². The van der Waals surface area contributed by atoms with Crippen LogP contribution in [0, 0.1) is 12.8 Å². The summed E-state index contributed by atoms with van der Waals surface area (Å²) >= 11 is 0. The quantitative estimate of drug-likeness (QED) is 0.825. The van der Waals surface area contributed by atoms with Gasteiger partial charge >= 0.3 is 0 Å². The third-order valence-electron chi connectivity index (χ3n) is 3.39. The Morgan fingerprint density at radius 2 is 2.32 bits per heavy atom. The molecule has 0 saturated carbocycles. The van der Waals surface area contributed by atoms with E-state index in [1.807, 2.05) is 6.92 Å². The standard InChI is InChI=1S/C15H25NO3/c1-11(2)16-7-14-6-15(19-12(14)3)10-18-9-13-4-5-17-8-13/h6,11,13,16H,4-5,7-10H2,1-3H3. The topological polar surface area (TPSA) is 43.6 Å². The number of furan rings is 1. The van der Waals surface area contributed by atoms with Crippen molar-refractivity contribution in [1.29, 1.82) is 0 Å². The third-order valence-corrected chi connectivity index (χ3v) is 3.39. The van der Waals surface area contributed by atoms with Crippen LogP contribution in [0.2, 0.25) is 0 Å². The zero-order valence-corrected chi connectivity index (χ0v) is 12.2. The van der Waals surface area contributed by atoms with Gasteiger partial charge in [0.25, 0.3) is 0 Å². The van der Waals surface area contributed by atoms with E-state index in [1.165, 1.54) is 5.56 Å². The van der Waals surface area contributed by atoms with Crippen molar-refractivity contribution in [2.24, 2.45) is 5.92 Å². The lowest BCUT2D eigenvalue weighted by Gasteiger charge is -2.07. The van der Waals surface area contributed by atoms with Crippen molar-refractivity contribution in [1.82, 2.24) is 5.32 Å². The molecule has 0 aliphatic carbocycles. The second-order valence-electron chi connectivity index (χ2n) is 5.57. The Labute approximate surface area is 115 Å². The maximum atomic E-state index is 5.72. The van der Waals surface area contributed by atoms with Crippen molar-refractivity contribution in [3.05, 3.63) is 23.2 Å². The van der Waals surface area contributed by atoms with Gasteiger partial charge in [0, 0.05) is 30.7 Å². The highest BCUT2D eigenvalue weighted by Gasteiger charge is 2.16. The Hall–Kier alpha value is -0.840. The van der Waals surface area contributed by atoms with E-state index < -0.39 is 0 Å². The minimum Gasteiger partial charge on any atom is -0.464 e. The molecule has 19 heavy (non-hydrogen) atoms. The first-order chi connectivity index (χ1) is 9.15. The monoisotopic (exact) mass is 267 g/mol. The van der Waals surface area contributed by atoms with E-state index in [1.54, 1.807) is 0 Å². The average Bonchev–Trinajstić information content (AvgIpc) is 2.97. The fourth-order valence-electron chi connectivity index (χ4n) is 2.19. The second-order valence-corrected chi connectivity index (χ2v) is 5.57. The van der Waals surface area contributed by atoms with Gasteiger partial charge in [-0.15, -0.1) is 0 Å². The van der Waals surface area contributed by atoms with Crippen LogP contribution < -0.4 is 5.32 Å². The number of hydrogen-bond acceptors (Lipinski definition) is 4. The van der Waals surface area contributed by atoms with Crippen LogP contribution in [0.5, 0.6) is 0 Å². The van der Waals surface area contributed by atoms with E-state index in [9.17, 15) is 0 Å². The normalized spacial score (nSPS) is 19.5. The summed E-state index contributed by atoms with van der Waals surface area (Å²) in [5, 5.41) is 3.40. The van der Waals surface area contributed by atoms with Crippen molar-refractivity contribution in [3.8, 4) is 0 Å². The van der Waals surface area contributed by atoms with Gasteiger partial charge in [-0.3, -0.25) is 0 Å². The van der Waals surface area contributed by atoms with E-state index in [-0.39, 0.29) is 0 Å². The van der Waals surface area contributed by atoms with Crippen LogP contribution in [0.25, 0.3) is 0 Å². The summed E-state index contributed by atoms with van der Waals surface area (Å²) in [6, 6.07) is 2.58. The maximum Gasteiger partial charge on any atom is 0.130 e. The predicted octanol–water partition coefficient (Wildman–Crippen LogP) is 2.64. The number of nitrogens with one attached hydrogen (secondary N) is 1. The number of ether oxygens (including phenoxy) is 2. The van der Waals surface area contributed by atoms with Gasteiger partial charge in [-0.05, 0) is 19.4 Å². The molecule has 4 heteroatoms. The summed E-state index contributed by atoms with van der Waals surface area (Å²) in [5.41, 5.74) is 1.22. The molecular weight excluding hydrogens is 242 g/mol. The highest BCUT2D eigenvalue weighted by atomic mass is 16.5. The molecule has 1 aliphatic heterocycles. The minimum absolute atomic E-state index is 0.483. The van der Waals surface area contributed by atoms with Crippen LogP contribution in [0.4, 0.5) is 0 Å². The van der Waals surface area contributed by atoms with E-state index in [0.29, 0.717) is 18.6 Å². The number of aryl methyl sites for hydroxylation is 1. The van der Waals surface area contributed by atoms with Crippen molar-refractivity contribution < 1.29 is 13.9 Å². The van der Waals surface area contributed by atoms with Crippen LogP contribution in [0.1, 0.15) is 37.4 Å². The average molecular weight is 267 g/mol. The molecule has 1 atom stereocenters. The Kier molecular flexibility index (Phi) is 5.43. The molecule has 1 unspecified atom stereocenters. The molecule has 1 saturated heterocycles. The van der Waals surface area contributed by atoms with Gasteiger partial charge in [0.2, 0.25) is 0 Å². The van der Waals surface area contributed by atoms with Crippen LogP contribution in [-0.2, 0) is 22.6 Å². The van der Waals surface area contributed by atoms with Crippen LogP contribution in [0.15, 0.2) is 10.5 Å². The highest BCUT2D eigenvalue weighted by molar-refractivity contribution is 5.20. The zero-order valence-electron chi connectivity index (χ0n) is 12.2. The molecule has 0 aromatic carbocycles. The molecule has 1 aliphatic rings. The molecule has 1 aromatic rings. The predicted molar refractivity (Wildman–Crippen MR) is 74.0 cm³/mol. The van der Waals surface area contributed by atoms with E-state index in [0.717, 1.165) is 44.3 Å². The Morgan fingerprint density at radius 1 is 1.47 bits per heavy atom. The molecule has 0 radical (unpaired) electrons. The van der Waals surface area contributed by atoms with Crippen LogP contribution in [-0.4, -0.2) is 25.9 Å². The fourth-order valence-corrected chi connectivity index (χ4v) is 2.19. The summed E-state index contributed by atoms with van der Waals surface area (Å²) < 4.78 is 16.7. The largest absolute Gasteiger partial charge is 0.464 e. The van der Waals surface area contributed by atoms with Gasteiger partial charge in [-0.1, -0.05) is 13.8 Å². The van der Waals surface area contributed by atoms with Gasteiger partial charge in [0.15, 0.2) is 0 Å². The Morgan fingerprint density at radius 3 is 3.00 bits per heavy atom. The molecule has 4 nitrogen and oxygen atoms in total. The summed E-state index contributed by atoms with van der Waals surface area (Å²) in [4.78, 5) is 0. The van der Waals surface area contributed by atoms with E-state index in [2.05, 4.69) is 25.2 Å². The van der Waals surface area contributed by atoms with Crippen LogP contribution >= 0.6 is 0 Å². The van der Waals surface area contributed by atoms with Crippen molar-refractivity contribution >= 4 is 0 Å². The number of rotatable bonds is 7. The molecule has 108 valence electrons. The van der Waals surface area contributed by atoms with Gasteiger partial charge in [-0.25, -0.2) is 0 Å². The molecule has 1 fully saturated rings. The van der Waals surface area contributed by atoms with Crippen molar-refractivity contribution in [3.63, 3.8) is 0 Å². The SMILES string of the molecule is Cc1oc(COCC2CCOC2)cc1CNC(C)C. The summed E-state index contributed by atoms with van der Waals surface area (Å²) in [6.07, 6.45) is 1.11. The van der Waals surface area contributed by atoms with Crippen molar-refractivity contribution in [2.45, 2.75) is 46.4 Å². The molecule has 0 bridgehead atoms. The van der Waals surface area contributed by atoms with Gasteiger partial charge in [-0.2, -0.15) is 0 Å². The first kappa shape index (κ1) is 14.6. The molecule has 0 spiro atoms. The molecular formula is C15H25NO3. The smallest absolute Gasteiger partial charge is 0.130 e. The molecule has 0 amide bonds. The Balaban J connectivity index is 1.75. The summed E-state index contributed by atoms with van der Waals surface area (Å²) in [5.74, 6) is 2.45. The number of hydrogen-bond donors (Lipinski definition) is 1. The lowest BCUT2D eigenvalue weighted by Crippen LogP contribution is -2.21. The fraction of sp³-hybridized carbons (Fsp3) is 0.733. The lowest BCUT2D eigenvalue weighted by molar-refractivity contribution is 0.0687. The molecule has 2 heterocycles. The van der Waals surface area contributed by atoms with Crippen LogP contribution in [0.3, 0.4) is 0 Å². The first-order valence-corrected chi connectivity index (χ1v) is 7.12. The van der Waals surface area contributed by atoms with Gasteiger partial charge in [0.1, 0.15) is 18.1 Å². The first-order valence-electron chi connectivity index (χ1n) is 7.12. The third kappa shape index (κ3) is 4.64.